The number of nitrogens with two attached hydrogens (primary N) is 1. The zero-order valence-corrected chi connectivity index (χ0v) is 10.8. The van der Waals surface area contributed by atoms with Crippen molar-refractivity contribution in [3.63, 3.8) is 0 Å². The summed E-state index contributed by atoms with van der Waals surface area (Å²) in [5, 5.41) is 3.13. The van der Waals surface area contributed by atoms with Crippen molar-refractivity contribution in [2.75, 3.05) is 0 Å². The number of pyridine rings is 1. The molecule has 90 valence electrons. The second kappa shape index (κ2) is 5.35. The van der Waals surface area contributed by atoms with E-state index < -0.39 is 0 Å². The van der Waals surface area contributed by atoms with Crippen LogP contribution in [0.1, 0.15) is 28.0 Å². The van der Waals surface area contributed by atoms with Gasteiger partial charge in [0.25, 0.3) is 0 Å². The zero-order valence-electron chi connectivity index (χ0n) is 9.97. The average molecular weight is 248 g/mol. The predicted octanol–water partition coefficient (Wildman–Crippen LogP) is 1.90. The van der Waals surface area contributed by atoms with Crippen LogP contribution < -0.4 is 11.3 Å². The summed E-state index contributed by atoms with van der Waals surface area (Å²) < 4.78 is 0. The van der Waals surface area contributed by atoms with E-state index >= 15 is 0 Å². The Morgan fingerprint density at radius 1 is 1.47 bits per heavy atom. The van der Waals surface area contributed by atoms with Crippen molar-refractivity contribution in [1.82, 2.24) is 15.4 Å². The fraction of sp³-hybridized carbons (Fsp3) is 0.333. The Labute approximate surface area is 105 Å². The maximum absolute atomic E-state index is 5.62. The molecule has 0 aliphatic rings. The van der Waals surface area contributed by atoms with E-state index in [1.807, 2.05) is 31.4 Å². The lowest BCUT2D eigenvalue weighted by molar-refractivity contribution is 0.534. The largest absolute Gasteiger partial charge is 0.271 e. The smallest absolute Gasteiger partial charge is 0.0948 e. The number of thiazole rings is 1. The van der Waals surface area contributed by atoms with E-state index in [4.69, 9.17) is 5.84 Å². The van der Waals surface area contributed by atoms with E-state index in [1.54, 1.807) is 17.5 Å². The van der Waals surface area contributed by atoms with Crippen LogP contribution in [-0.4, -0.2) is 9.97 Å². The Balaban J connectivity index is 2.20. The molecule has 0 saturated heterocycles. The third-order valence-corrected chi connectivity index (χ3v) is 3.62. The molecule has 5 heteroatoms. The van der Waals surface area contributed by atoms with Crippen LogP contribution in [0, 0.1) is 13.8 Å². The first-order chi connectivity index (χ1) is 8.20. The molecule has 0 aliphatic carbocycles. The van der Waals surface area contributed by atoms with Gasteiger partial charge in [0.1, 0.15) is 0 Å². The summed E-state index contributed by atoms with van der Waals surface area (Å²) in [6, 6.07) is 3.99. The van der Waals surface area contributed by atoms with Crippen LogP contribution in [0.3, 0.4) is 0 Å². The van der Waals surface area contributed by atoms with Gasteiger partial charge in [-0.15, -0.1) is 11.3 Å². The number of hydrogen-bond acceptors (Lipinski definition) is 5. The van der Waals surface area contributed by atoms with E-state index in [1.165, 1.54) is 0 Å². The maximum atomic E-state index is 5.62. The molecule has 0 aromatic carbocycles. The highest BCUT2D eigenvalue weighted by molar-refractivity contribution is 7.09. The Morgan fingerprint density at radius 3 is 2.88 bits per heavy atom. The van der Waals surface area contributed by atoms with Crippen LogP contribution in [0.2, 0.25) is 0 Å². The van der Waals surface area contributed by atoms with Crippen LogP contribution in [0.5, 0.6) is 0 Å². The van der Waals surface area contributed by atoms with E-state index in [0.717, 1.165) is 28.4 Å². The first-order valence-electron chi connectivity index (χ1n) is 5.49. The van der Waals surface area contributed by atoms with Gasteiger partial charge in [0.05, 0.1) is 16.7 Å². The minimum atomic E-state index is 0.0155. The number of nitrogens with one attached hydrogen (secondary N) is 1. The van der Waals surface area contributed by atoms with E-state index in [2.05, 4.69) is 15.4 Å². The Hall–Kier alpha value is -1.30. The SMILES string of the molecule is Cc1csc(CC(NN)c2ncccc2C)n1. The fourth-order valence-corrected chi connectivity index (χ4v) is 2.59. The summed E-state index contributed by atoms with van der Waals surface area (Å²) >= 11 is 1.66. The summed E-state index contributed by atoms with van der Waals surface area (Å²) in [4.78, 5) is 8.84. The van der Waals surface area contributed by atoms with Gasteiger partial charge in [0, 0.05) is 23.7 Å². The summed E-state index contributed by atoms with van der Waals surface area (Å²) in [5.41, 5.74) is 6.01. The average Bonchev–Trinajstić information content (AvgIpc) is 2.73. The lowest BCUT2D eigenvalue weighted by Crippen LogP contribution is -2.30. The second-order valence-electron chi connectivity index (χ2n) is 4.01. The maximum Gasteiger partial charge on any atom is 0.0948 e. The molecule has 2 heterocycles. The molecule has 0 aliphatic heterocycles. The minimum Gasteiger partial charge on any atom is -0.271 e. The van der Waals surface area contributed by atoms with Crippen molar-refractivity contribution in [2.24, 2.45) is 5.84 Å². The first-order valence-corrected chi connectivity index (χ1v) is 6.37. The molecule has 4 nitrogen and oxygen atoms in total. The molecule has 0 saturated carbocycles. The quantitative estimate of drug-likeness (QED) is 0.641. The predicted molar refractivity (Wildman–Crippen MR) is 69.6 cm³/mol. The highest BCUT2D eigenvalue weighted by Gasteiger charge is 2.15. The van der Waals surface area contributed by atoms with E-state index in [0.29, 0.717) is 0 Å². The summed E-state index contributed by atoms with van der Waals surface area (Å²) in [7, 11) is 0. The molecular weight excluding hydrogens is 232 g/mol. The van der Waals surface area contributed by atoms with Crippen molar-refractivity contribution >= 4 is 11.3 Å². The Kier molecular flexibility index (Phi) is 3.83. The number of aryl methyl sites for hydroxylation is 2. The standard InChI is InChI=1S/C12H16N4S/c1-8-4-3-5-14-12(8)10(16-13)6-11-15-9(2)7-17-11/h3-5,7,10,16H,6,13H2,1-2H3. The van der Waals surface area contributed by atoms with Gasteiger partial charge in [-0.3, -0.25) is 16.3 Å². The summed E-state index contributed by atoms with van der Waals surface area (Å²) in [6.45, 7) is 4.04. The molecule has 3 N–H and O–H groups in total. The van der Waals surface area contributed by atoms with Gasteiger partial charge in [0.15, 0.2) is 0 Å². The highest BCUT2D eigenvalue weighted by Crippen LogP contribution is 2.20. The third-order valence-electron chi connectivity index (χ3n) is 2.63. The lowest BCUT2D eigenvalue weighted by Gasteiger charge is -2.15. The number of rotatable bonds is 4. The van der Waals surface area contributed by atoms with E-state index in [9.17, 15) is 0 Å². The minimum absolute atomic E-state index is 0.0155. The Morgan fingerprint density at radius 2 is 2.29 bits per heavy atom. The molecule has 2 aromatic rings. The van der Waals surface area contributed by atoms with Crippen molar-refractivity contribution in [1.29, 1.82) is 0 Å². The normalized spacial score (nSPS) is 12.6. The molecular formula is C12H16N4S. The van der Waals surface area contributed by atoms with Crippen LogP contribution >= 0.6 is 11.3 Å². The van der Waals surface area contributed by atoms with Gasteiger partial charge in [-0.25, -0.2) is 4.98 Å². The van der Waals surface area contributed by atoms with Crippen LogP contribution in [0.4, 0.5) is 0 Å². The van der Waals surface area contributed by atoms with Gasteiger partial charge in [-0.2, -0.15) is 0 Å². The van der Waals surface area contributed by atoms with Gasteiger partial charge < -0.3 is 0 Å². The van der Waals surface area contributed by atoms with Gasteiger partial charge in [0.2, 0.25) is 0 Å². The Bertz CT molecular complexity index is 495. The van der Waals surface area contributed by atoms with Crippen molar-refractivity contribution in [3.8, 4) is 0 Å². The molecule has 1 atom stereocenters. The molecule has 0 fully saturated rings. The van der Waals surface area contributed by atoms with Gasteiger partial charge in [-0.1, -0.05) is 6.07 Å². The molecule has 0 spiro atoms. The highest BCUT2D eigenvalue weighted by atomic mass is 32.1. The van der Waals surface area contributed by atoms with Crippen molar-refractivity contribution in [2.45, 2.75) is 26.3 Å². The second-order valence-corrected chi connectivity index (χ2v) is 4.95. The van der Waals surface area contributed by atoms with Crippen molar-refractivity contribution in [3.05, 3.63) is 45.7 Å². The fourth-order valence-electron chi connectivity index (χ4n) is 1.77. The number of nitrogens with zero attached hydrogens (tertiary/aromatic N) is 2. The number of aromatic nitrogens is 2. The van der Waals surface area contributed by atoms with Crippen molar-refractivity contribution < 1.29 is 0 Å². The zero-order chi connectivity index (χ0) is 12.3. The van der Waals surface area contributed by atoms with E-state index in [-0.39, 0.29) is 6.04 Å². The van der Waals surface area contributed by atoms with Crippen LogP contribution in [0.15, 0.2) is 23.7 Å². The van der Waals surface area contributed by atoms with Gasteiger partial charge >= 0.3 is 0 Å². The molecule has 2 rings (SSSR count). The third kappa shape index (κ3) is 2.88. The molecule has 2 aromatic heterocycles. The molecule has 0 amide bonds. The topological polar surface area (TPSA) is 63.8 Å². The number of hydrogen-bond donors (Lipinski definition) is 2. The summed E-state index contributed by atoms with van der Waals surface area (Å²) in [5.74, 6) is 5.62. The molecule has 0 bridgehead atoms. The molecule has 0 radical (unpaired) electrons. The summed E-state index contributed by atoms with van der Waals surface area (Å²) in [6.07, 6.45) is 2.56. The first kappa shape index (κ1) is 12.2. The van der Waals surface area contributed by atoms with Gasteiger partial charge in [-0.05, 0) is 25.5 Å². The number of hydrazine groups is 1. The monoisotopic (exact) mass is 248 g/mol. The van der Waals surface area contributed by atoms with Crippen LogP contribution in [-0.2, 0) is 6.42 Å². The lowest BCUT2D eigenvalue weighted by atomic mass is 10.1. The molecule has 17 heavy (non-hydrogen) atoms. The molecule has 1 unspecified atom stereocenters. The van der Waals surface area contributed by atoms with Crippen LogP contribution in [0.25, 0.3) is 0 Å².